The molecule has 0 aliphatic carbocycles. The van der Waals surface area contributed by atoms with Crippen molar-refractivity contribution < 1.29 is 13.2 Å². The Morgan fingerprint density at radius 2 is 2.00 bits per heavy atom. The summed E-state index contributed by atoms with van der Waals surface area (Å²) in [5, 5.41) is 8.64. The van der Waals surface area contributed by atoms with E-state index in [1.807, 2.05) is 0 Å². The summed E-state index contributed by atoms with van der Waals surface area (Å²) in [7, 11) is -2.07. The minimum Gasteiger partial charge on any atom is -0.496 e. The molecule has 140 valence electrons. The molecule has 0 amide bonds. The zero-order chi connectivity index (χ0) is 19.4. The number of aromatic nitrogens is 3. The second-order valence-corrected chi connectivity index (χ2v) is 7.66. The van der Waals surface area contributed by atoms with Crippen LogP contribution in [0, 0.1) is 0 Å². The molecule has 0 bridgehead atoms. The van der Waals surface area contributed by atoms with Crippen LogP contribution in [-0.2, 0) is 15.8 Å². The van der Waals surface area contributed by atoms with Gasteiger partial charge in [0.1, 0.15) is 12.1 Å². The number of primary sulfonamides is 1. The van der Waals surface area contributed by atoms with Gasteiger partial charge in [-0.15, -0.1) is 0 Å². The third-order valence-corrected chi connectivity index (χ3v) is 4.50. The second-order valence-electron chi connectivity index (χ2n) is 5.61. The quantitative estimate of drug-likeness (QED) is 0.646. The second kappa shape index (κ2) is 7.87. The molecule has 0 fully saturated rings. The molecule has 0 aliphatic rings. The summed E-state index contributed by atoms with van der Waals surface area (Å²) >= 11 is 6.06. The largest absolute Gasteiger partial charge is 0.496 e. The van der Waals surface area contributed by atoms with Gasteiger partial charge in [0.25, 0.3) is 0 Å². The number of anilines is 2. The van der Waals surface area contributed by atoms with Gasteiger partial charge in [-0.2, -0.15) is 4.98 Å². The number of sulfonamides is 1. The van der Waals surface area contributed by atoms with Crippen molar-refractivity contribution in [2.45, 2.75) is 5.75 Å². The number of benzene rings is 2. The van der Waals surface area contributed by atoms with Gasteiger partial charge in [-0.1, -0.05) is 23.7 Å². The fourth-order valence-corrected chi connectivity index (χ4v) is 3.26. The summed E-state index contributed by atoms with van der Waals surface area (Å²) < 4.78 is 27.8. The number of nitrogens with two attached hydrogens (primary N) is 1. The molecular formula is C17H16ClN5O3S. The molecule has 0 saturated carbocycles. The fourth-order valence-electron chi connectivity index (χ4n) is 2.44. The van der Waals surface area contributed by atoms with E-state index in [0.717, 1.165) is 0 Å². The molecule has 3 aromatic rings. The molecule has 1 heterocycles. The topological polar surface area (TPSA) is 120 Å². The lowest BCUT2D eigenvalue weighted by molar-refractivity contribution is 0.416. The molecule has 3 rings (SSSR count). The van der Waals surface area contributed by atoms with Crippen molar-refractivity contribution in [3.05, 3.63) is 59.4 Å². The predicted molar refractivity (Wildman–Crippen MR) is 103 cm³/mol. The van der Waals surface area contributed by atoms with Crippen LogP contribution < -0.4 is 15.2 Å². The molecule has 0 atom stereocenters. The van der Waals surface area contributed by atoms with E-state index < -0.39 is 10.0 Å². The molecule has 0 spiro atoms. The van der Waals surface area contributed by atoms with E-state index in [-0.39, 0.29) is 11.7 Å². The van der Waals surface area contributed by atoms with Crippen LogP contribution in [0.25, 0.3) is 11.4 Å². The summed E-state index contributed by atoms with van der Waals surface area (Å²) in [6.07, 6.45) is 1.36. The number of methoxy groups -OCH3 is 1. The normalized spacial score (nSPS) is 11.2. The average molecular weight is 406 g/mol. The maximum absolute atomic E-state index is 11.3. The monoisotopic (exact) mass is 405 g/mol. The van der Waals surface area contributed by atoms with Gasteiger partial charge < -0.3 is 10.1 Å². The van der Waals surface area contributed by atoms with Crippen molar-refractivity contribution in [2.75, 3.05) is 12.4 Å². The van der Waals surface area contributed by atoms with Crippen molar-refractivity contribution in [1.82, 2.24) is 15.0 Å². The number of hydrogen-bond donors (Lipinski definition) is 2. The lowest BCUT2D eigenvalue weighted by atomic mass is 10.2. The van der Waals surface area contributed by atoms with Crippen LogP contribution in [0.4, 0.5) is 11.6 Å². The summed E-state index contributed by atoms with van der Waals surface area (Å²) in [5.74, 6) is 0.985. The minimum absolute atomic E-state index is 0.259. The molecule has 0 saturated heterocycles. The first-order chi connectivity index (χ1) is 12.8. The molecule has 3 N–H and O–H groups in total. The van der Waals surface area contributed by atoms with Crippen LogP contribution >= 0.6 is 11.6 Å². The van der Waals surface area contributed by atoms with Crippen LogP contribution in [0.2, 0.25) is 5.02 Å². The van der Waals surface area contributed by atoms with Crippen molar-refractivity contribution in [3.63, 3.8) is 0 Å². The molecule has 2 aromatic carbocycles. The van der Waals surface area contributed by atoms with Gasteiger partial charge in [-0.05, 0) is 35.9 Å². The van der Waals surface area contributed by atoms with Gasteiger partial charge in [0, 0.05) is 10.7 Å². The standard InChI is InChI=1S/C17H16ClN5O3S/c1-26-15-6-5-12(18)8-14(15)16-20-10-21-17(23-16)22-13-4-2-3-11(7-13)9-27(19,24)25/h2-8,10H,9H2,1H3,(H2,19,24,25)(H,20,21,22,23). The van der Waals surface area contributed by atoms with E-state index >= 15 is 0 Å². The number of rotatable bonds is 6. The Kier molecular flexibility index (Phi) is 5.54. The van der Waals surface area contributed by atoms with E-state index in [1.165, 1.54) is 6.33 Å². The van der Waals surface area contributed by atoms with Gasteiger partial charge in [-0.25, -0.2) is 23.5 Å². The lowest BCUT2D eigenvalue weighted by Crippen LogP contribution is -2.14. The third-order valence-electron chi connectivity index (χ3n) is 3.53. The summed E-state index contributed by atoms with van der Waals surface area (Å²) in [4.78, 5) is 12.6. The molecule has 1 aromatic heterocycles. The van der Waals surface area contributed by atoms with E-state index in [9.17, 15) is 8.42 Å². The minimum atomic E-state index is -3.62. The molecule has 0 aliphatic heterocycles. The van der Waals surface area contributed by atoms with Crippen LogP contribution in [0.5, 0.6) is 5.75 Å². The zero-order valence-corrected chi connectivity index (χ0v) is 15.8. The summed E-state index contributed by atoms with van der Waals surface area (Å²) in [5.41, 5.74) is 1.79. The van der Waals surface area contributed by atoms with Gasteiger partial charge in [0.2, 0.25) is 16.0 Å². The maximum Gasteiger partial charge on any atom is 0.230 e. The molecule has 10 heteroatoms. The number of nitrogens with zero attached hydrogens (tertiary/aromatic N) is 3. The number of ether oxygens (including phenoxy) is 1. The number of nitrogens with one attached hydrogen (secondary N) is 1. The predicted octanol–water partition coefficient (Wildman–Crippen LogP) is 2.73. The van der Waals surface area contributed by atoms with Crippen molar-refractivity contribution in [3.8, 4) is 17.1 Å². The van der Waals surface area contributed by atoms with Crippen LogP contribution in [0.3, 0.4) is 0 Å². The van der Waals surface area contributed by atoms with Gasteiger partial charge in [0.15, 0.2) is 5.82 Å². The fraction of sp³-hybridized carbons (Fsp3) is 0.118. The van der Waals surface area contributed by atoms with Crippen molar-refractivity contribution >= 4 is 33.3 Å². The van der Waals surface area contributed by atoms with Crippen LogP contribution in [-0.4, -0.2) is 30.5 Å². The number of halogens is 1. The molecule has 0 unspecified atom stereocenters. The highest BCUT2D eigenvalue weighted by Crippen LogP contribution is 2.30. The van der Waals surface area contributed by atoms with E-state index in [4.69, 9.17) is 21.5 Å². The third kappa shape index (κ3) is 5.13. The van der Waals surface area contributed by atoms with E-state index in [1.54, 1.807) is 49.6 Å². The Hall–Kier alpha value is -2.75. The summed E-state index contributed by atoms with van der Waals surface area (Å²) in [6, 6.07) is 11.9. The van der Waals surface area contributed by atoms with Crippen LogP contribution in [0.15, 0.2) is 48.8 Å². The SMILES string of the molecule is COc1ccc(Cl)cc1-c1ncnc(Nc2cccc(CS(N)(=O)=O)c2)n1. The van der Waals surface area contributed by atoms with E-state index in [2.05, 4.69) is 20.3 Å². The highest BCUT2D eigenvalue weighted by Gasteiger charge is 2.11. The maximum atomic E-state index is 11.3. The lowest BCUT2D eigenvalue weighted by Gasteiger charge is -2.10. The Labute approximate surface area is 161 Å². The Balaban J connectivity index is 1.89. The smallest absolute Gasteiger partial charge is 0.230 e. The Morgan fingerprint density at radius 3 is 2.74 bits per heavy atom. The zero-order valence-electron chi connectivity index (χ0n) is 14.3. The van der Waals surface area contributed by atoms with Gasteiger partial charge in [-0.3, -0.25) is 0 Å². The van der Waals surface area contributed by atoms with Gasteiger partial charge in [0.05, 0.1) is 18.4 Å². The Morgan fingerprint density at radius 1 is 1.19 bits per heavy atom. The molecule has 8 nitrogen and oxygen atoms in total. The van der Waals surface area contributed by atoms with E-state index in [0.29, 0.717) is 33.4 Å². The first-order valence-electron chi connectivity index (χ1n) is 7.73. The summed E-state index contributed by atoms with van der Waals surface area (Å²) in [6.45, 7) is 0. The highest BCUT2D eigenvalue weighted by molar-refractivity contribution is 7.88. The highest BCUT2D eigenvalue weighted by atomic mass is 35.5. The molecule has 27 heavy (non-hydrogen) atoms. The first-order valence-corrected chi connectivity index (χ1v) is 9.83. The van der Waals surface area contributed by atoms with Crippen molar-refractivity contribution in [2.24, 2.45) is 5.14 Å². The molecular weight excluding hydrogens is 390 g/mol. The van der Waals surface area contributed by atoms with Crippen LogP contribution in [0.1, 0.15) is 5.56 Å². The first kappa shape index (κ1) is 19.0. The van der Waals surface area contributed by atoms with Gasteiger partial charge >= 0.3 is 0 Å². The molecule has 0 radical (unpaired) electrons. The van der Waals surface area contributed by atoms with Crippen molar-refractivity contribution in [1.29, 1.82) is 0 Å². The average Bonchev–Trinajstić information content (AvgIpc) is 2.61. The number of hydrogen-bond acceptors (Lipinski definition) is 7. The Bertz CT molecular complexity index is 1080.